The minimum Gasteiger partial charge on any atom is -0.379 e. The molecule has 1 amide bonds. The fourth-order valence-corrected chi connectivity index (χ4v) is 3.62. The van der Waals surface area contributed by atoms with E-state index in [1.807, 2.05) is 29.6 Å². The number of carbonyl (C=O) groups is 1. The van der Waals surface area contributed by atoms with E-state index in [-0.39, 0.29) is 5.91 Å². The van der Waals surface area contributed by atoms with Gasteiger partial charge in [-0.25, -0.2) is 4.98 Å². The molecule has 0 spiro atoms. The van der Waals surface area contributed by atoms with Crippen LogP contribution in [-0.4, -0.2) is 42.1 Å². The predicted molar refractivity (Wildman–Crippen MR) is 94.7 cm³/mol. The van der Waals surface area contributed by atoms with Crippen molar-refractivity contribution in [3.63, 3.8) is 0 Å². The molecule has 1 N–H and O–H groups in total. The summed E-state index contributed by atoms with van der Waals surface area (Å²) in [6, 6.07) is 7.56. The number of hydrogen-bond acceptors (Lipinski definition) is 5. The first-order chi connectivity index (χ1) is 11.2. The van der Waals surface area contributed by atoms with Crippen molar-refractivity contribution >= 4 is 38.9 Å². The molecule has 2 aromatic rings. The van der Waals surface area contributed by atoms with Crippen LogP contribution in [0.4, 0.5) is 5.69 Å². The molecule has 1 saturated heterocycles. The standard InChI is InChI=1S/C16H18BrN3O2S/c17-12-2-1-3-13(8-12)18-15(21)9-14-11-23-16(19-14)10-20-4-6-22-7-5-20/h1-3,8,11H,4-7,9-10H2,(H,18,21). The zero-order chi connectivity index (χ0) is 16.1. The van der Waals surface area contributed by atoms with Crippen LogP contribution in [0.5, 0.6) is 0 Å². The Bertz CT molecular complexity index is 671. The molecular formula is C16H18BrN3O2S. The lowest BCUT2D eigenvalue weighted by molar-refractivity contribution is -0.115. The van der Waals surface area contributed by atoms with Gasteiger partial charge in [0.1, 0.15) is 5.01 Å². The average Bonchev–Trinajstić information content (AvgIpc) is 2.95. The summed E-state index contributed by atoms with van der Waals surface area (Å²) >= 11 is 5.01. The van der Waals surface area contributed by atoms with Gasteiger partial charge in [0.05, 0.1) is 31.9 Å². The maximum absolute atomic E-state index is 12.1. The van der Waals surface area contributed by atoms with Crippen LogP contribution in [-0.2, 0) is 22.5 Å². The summed E-state index contributed by atoms with van der Waals surface area (Å²) in [5.74, 6) is -0.0497. The zero-order valence-corrected chi connectivity index (χ0v) is 15.0. The van der Waals surface area contributed by atoms with E-state index in [1.165, 1.54) is 0 Å². The molecule has 1 aliphatic rings. The maximum atomic E-state index is 12.1. The highest BCUT2D eigenvalue weighted by Crippen LogP contribution is 2.17. The summed E-state index contributed by atoms with van der Waals surface area (Å²) in [7, 11) is 0. The highest BCUT2D eigenvalue weighted by atomic mass is 79.9. The number of anilines is 1. The van der Waals surface area contributed by atoms with Crippen LogP contribution in [0, 0.1) is 0 Å². The number of hydrogen-bond donors (Lipinski definition) is 1. The molecule has 23 heavy (non-hydrogen) atoms. The third-order valence-electron chi connectivity index (χ3n) is 3.51. The minimum absolute atomic E-state index is 0.0497. The van der Waals surface area contributed by atoms with Crippen molar-refractivity contribution in [1.82, 2.24) is 9.88 Å². The molecular weight excluding hydrogens is 378 g/mol. The SMILES string of the molecule is O=C(Cc1csc(CN2CCOCC2)n1)Nc1cccc(Br)c1. The molecule has 122 valence electrons. The zero-order valence-electron chi connectivity index (χ0n) is 12.6. The number of morpholine rings is 1. The van der Waals surface area contributed by atoms with E-state index >= 15 is 0 Å². The van der Waals surface area contributed by atoms with Crippen molar-refractivity contribution in [2.24, 2.45) is 0 Å². The lowest BCUT2D eigenvalue weighted by Gasteiger charge is -2.25. The van der Waals surface area contributed by atoms with Gasteiger partial charge in [-0.15, -0.1) is 11.3 Å². The second-order valence-electron chi connectivity index (χ2n) is 5.36. The molecule has 1 aromatic carbocycles. The number of amides is 1. The van der Waals surface area contributed by atoms with Crippen LogP contribution in [0.25, 0.3) is 0 Å². The minimum atomic E-state index is -0.0497. The van der Waals surface area contributed by atoms with Crippen molar-refractivity contribution in [2.45, 2.75) is 13.0 Å². The number of benzene rings is 1. The van der Waals surface area contributed by atoms with E-state index in [2.05, 4.69) is 31.1 Å². The molecule has 2 heterocycles. The highest BCUT2D eigenvalue weighted by Gasteiger charge is 2.14. The Kier molecular flexibility index (Phi) is 5.77. The summed E-state index contributed by atoms with van der Waals surface area (Å²) in [5.41, 5.74) is 1.61. The van der Waals surface area contributed by atoms with Gasteiger partial charge >= 0.3 is 0 Å². The Morgan fingerprint density at radius 3 is 3.00 bits per heavy atom. The average molecular weight is 396 g/mol. The quantitative estimate of drug-likeness (QED) is 0.845. The van der Waals surface area contributed by atoms with Crippen LogP contribution in [0.3, 0.4) is 0 Å². The number of halogens is 1. The van der Waals surface area contributed by atoms with Gasteiger partial charge in [0.15, 0.2) is 0 Å². The highest BCUT2D eigenvalue weighted by molar-refractivity contribution is 9.10. The Morgan fingerprint density at radius 1 is 1.39 bits per heavy atom. The Balaban J connectivity index is 1.52. The molecule has 0 radical (unpaired) electrons. The van der Waals surface area contributed by atoms with Crippen LogP contribution in [0.15, 0.2) is 34.1 Å². The van der Waals surface area contributed by atoms with Gasteiger partial charge in [0.2, 0.25) is 5.91 Å². The van der Waals surface area contributed by atoms with Gasteiger partial charge in [0.25, 0.3) is 0 Å². The number of nitrogens with one attached hydrogen (secondary N) is 1. The van der Waals surface area contributed by atoms with Crippen molar-refractivity contribution < 1.29 is 9.53 Å². The van der Waals surface area contributed by atoms with Crippen molar-refractivity contribution in [3.05, 3.63) is 44.8 Å². The predicted octanol–water partition coefficient (Wildman–Crippen LogP) is 2.92. The van der Waals surface area contributed by atoms with Gasteiger partial charge in [0, 0.05) is 28.6 Å². The first-order valence-corrected chi connectivity index (χ1v) is 9.15. The lowest BCUT2D eigenvalue weighted by atomic mass is 10.3. The summed E-state index contributed by atoms with van der Waals surface area (Å²) in [5, 5.41) is 5.91. The molecule has 7 heteroatoms. The lowest BCUT2D eigenvalue weighted by Crippen LogP contribution is -2.35. The Labute approximate surface area is 147 Å². The number of thiazole rings is 1. The van der Waals surface area contributed by atoms with Crippen LogP contribution >= 0.6 is 27.3 Å². The first-order valence-electron chi connectivity index (χ1n) is 7.48. The first kappa shape index (κ1) is 16.6. The smallest absolute Gasteiger partial charge is 0.230 e. The molecule has 0 saturated carbocycles. The molecule has 0 aliphatic carbocycles. The number of ether oxygens (including phenoxy) is 1. The van der Waals surface area contributed by atoms with Gasteiger partial charge in [-0.2, -0.15) is 0 Å². The van der Waals surface area contributed by atoms with Crippen molar-refractivity contribution in [3.8, 4) is 0 Å². The van der Waals surface area contributed by atoms with E-state index in [0.717, 1.165) is 53.7 Å². The molecule has 1 fully saturated rings. The number of carbonyl (C=O) groups excluding carboxylic acids is 1. The van der Waals surface area contributed by atoms with E-state index in [9.17, 15) is 4.79 Å². The molecule has 1 aromatic heterocycles. The van der Waals surface area contributed by atoms with E-state index in [4.69, 9.17) is 4.74 Å². The third-order valence-corrected chi connectivity index (χ3v) is 4.89. The summed E-state index contributed by atoms with van der Waals surface area (Å²) < 4.78 is 6.29. The normalized spacial score (nSPS) is 15.5. The second kappa shape index (κ2) is 8.01. The Morgan fingerprint density at radius 2 is 2.22 bits per heavy atom. The summed E-state index contributed by atoms with van der Waals surface area (Å²) in [4.78, 5) is 19.0. The summed E-state index contributed by atoms with van der Waals surface area (Å²) in [6.45, 7) is 4.29. The molecule has 5 nitrogen and oxygen atoms in total. The maximum Gasteiger partial charge on any atom is 0.230 e. The largest absolute Gasteiger partial charge is 0.379 e. The number of rotatable bonds is 5. The fourth-order valence-electron chi connectivity index (χ4n) is 2.39. The van der Waals surface area contributed by atoms with Crippen molar-refractivity contribution in [1.29, 1.82) is 0 Å². The molecule has 3 rings (SSSR count). The molecule has 0 bridgehead atoms. The number of aromatic nitrogens is 1. The van der Waals surface area contributed by atoms with Crippen LogP contribution in [0.2, 0.25) is 0 Å². The van der Waals surface area contributed by atoms with E-state index in [1.54, 1.807) is 11.3 Å². The van der Waals surface area contributed by atoms with Gasteiger partial charge in [-0.3, -0.25) is 9.69 Å². The van der Waals surface area contributed by atoms with Gasteiger partial charge < -0.3 is 10.1 Å². The number of nitrogens with zero attached hydrogens (tertiary/aromatic N) is 2. The van der Waals surface area contributed by atoms with Gasteiger partial charge in [-0.05, 0) is 18.2 Å². The third kappa shape index (κ3) is 5.10. The van der Waals surface area contributed by atoms with Crippen LogP contribution in [0.1, 0.15) is 10.7 Å². The monoisotopic (exact) mass is 395 g/mol. The van der Waals surface area contributed by atoms with E-state index < -0.39 is 0 Å². The molecule has 0 atom stereocenters. The fraction of sp³-hybridized carbons (Fsp3) is 0.375. The topological polar surface area (TPSA) is 54.5 Å². The van der Waals surface area contributed by atoms with Crippen LogP contribution < -0.4 is 5.32 Å². The van der Waals surface area contributed by atoms with Gasteiger partial charge in [-0.1, -0.05) is 22.0 Å². The van der Waals surface area contributed by atoms with E-state index in [0.29, 0.717) is 6.42 Å². The molecule has 0 unspecified atom stereocenters. The second-order valence-corrected chi connectivity index (χ2v) is 7.21. The summed E-state index contributed by atoms with van der Waals surface area (Å²) in [6.07, 6.45) is 0.298. The molecule has 1 aliphatic heterocycles. The van der Waals surface area contributed by atoms with Crippen molar-refractivity contribution in [2.75, 3.05) is 31.6 Å². The Hall–Kier alpha value is -1.28.